The minimum Gasteiger partial charge on any atom is -0.506 e. The molecule has 1 aliphatic heterocycles. The molecule has 1 heterocycles. The topological polar surface area (TPSA) is 70.0 Å². The van der Waals surface area contributed by atoms with Gasteiger partial charge in [0.05, 0.1) is 13.7 Å². The van der Waals surface area contributed by atoms with Crippen LogP contribution in [0.2, 0.25) is 0 Å². The molecule has 0 aromatic heterocycles. The lowest BCUT2D eigenvalue weighted by Gasteiger charge is -2.25. The van der Waals surface area contributed by atoms with Gasteiger partial charge < -0.3 is 19.8 Å². The lowest BCUT2D eigenvalue weighted by Crippen LogP contribution is -2.24. The SMILES string of the molecule is COc1cc(CO)c(C2=CCN(C)CC2)c(O)c1C(=O)/C=C/c1ccc(Br)cc1. The number of phenolic OH excluding ortho intramolecular Hbond substituents is 1. The van der Waals surface area contributed by atoms with Crippen molar-refractivity contribution >= 4 is 33.4 Å². The Labute approximate surface area is 179 Å². The van der Waals surface area contributed by atoms with Crippen molar-refractivity contribution < 1.29 is 19.7 Å². The molecule has 152 valence electrons. The first-order valence-corrected chi connectivity index (χ1v) is 10.1. The Morgan fingerprint density at radius 1 is 1.31 bits per heavy atom. The van der Waals surface area contributed by atoms with Crippen LogP contribution in [-0.4, -0.2) is 48.1 Å². The fourth-order valence-electron chi connectivity index (χ4n) is 3.41. The maximum atomic E-state index is 12.9. The Balaban J connectivity index is 2.04. The summed E-state index contributed by atoms with van der Waals surface area (Å²) in [5, 5.41) is 20.9. The van der Waals surface area contributed by atoms with E-state index in [-0.39, 0.29) is 29.5 Å². The van der Waals surface area contributed by atoms with Crippen LogP contribution in [0.3, 0.4) is 0 Å². The predicted molar refractivity (Wildman–Crippen MR) is 118 cm³/mol. The minimum atomic E-state index is -0.360. The molecule has 0 aliphatic carbocycles. The summed E-state index contributed by atoms with van der Waals surface area (Å²) >= 11 is 3.38. The molecule has 0 spiro atoms. The van der Waals surface area contributed by atoms with Gasteiger partial charge in [-0.2, -0.15) is 0 Å². The van der Waals surface area contributed by atoms with Crippen LogP contribution in [0.1, 0.15) is 33.5 Å². The highest BCUT2D eigenvalue weighted by Crippen LogP contribution is 2.40. The Morgan fingerprint density at radius 3 is 2.62 bits per heavy atom. The molecule has 2 N–H and O–H groups in total. The summed E-state index contributed by atoms with van der Waals surface area (Å²) in [6.07, 6.45) is 5.87. The molecule has 29 heavy (non-hydrogen) atoms. The number of rotatable bonds is 6. The van der Waals surface area contributed by atoms with Crippen molar-refractivity contribution in [3.63, 3.8) is 0 Å². The van der Waals surface area contributed by atoms with E-state index < -0.39 is 0 Å². The number of likely N-dealkylation sites (N-methyl/N-ethyl adjacent to an activating group) is 1. The number of ether oxygens (including phenoxy) is 1. The van der Waals surface area contributed by atoms with E-state index in [1.807, 2.05) is 37.4 Å². The summed E-state index contributed by atoms with van der Waals surface area (Å²) in [5.74, 6) is -0.259. The minimum absolute atomic E-state index is 0.105. The Morgan fingerprint density at radius 2 is 2.03 bits per heavy atom. The highest BCUT2D eigenvalue weighted by molar-refractivity contribution is 9.10. The van der Waals surface area contributed by atoms with Crippen molar-refractivity contribution in [1.82, 2.24) is 4.90 Å². The summed E-state index contributed by atoms with van der Waals surface area (Å²) in [7, 11) is 3.47. The average Bonchev–Trinajstić information content (AvgIpc) is 2.73. The molecule has 0 saturated carbocycles. The van der Waals surface area contributed by atoms with Crippen molar-refractivity contribution in [3.8, 4) is 11.5 Å². The number of aliphatic hydroxyl groups excluding tert-OH is 1. The molecule has 5 nitrogen and oxygen atoms in total. The molecule has 0 unspecified atom stereocenters. The number of carbonyl (C=O) groups excluding carboxylic acids is 1. The van der Waals surface area contributed by atoms with Gasteiger partial charge in [-0.05, 0) is 54.4 Å². The number of methoxy groups -OCH3 is 1. The number of carbonyl (C=O) groups is 1. The zero-order valence-electron chi connectivity index (χ0n) is 16.5. The van der Waals surface area contributed by atoms with Gasteiger partial charge in [0.25, 0.3) is 0 Å². The number of aromatic hydroxyl groups is 1. The highest BCUT2D eigenvalue weighted by Gasteiger charge is 2.25. The Kier molecular flexibility index (Phi) is 6.90. The number of ketones is 1. The maximum Gasteiger partial charge on any atom is 0.193 e. The maximum absolute atomic E-state index is 12.9. The van der Waals surface area contributed by atoms with E-state index >= 15 is 0 Å². The van der Waals surface area contributed by atoms with Gasteiger partial charge in [-0.1, -0.05) is 40.2 Å². The third kappa shape index (κ3) is 4.78. The van der Waals surface area contributed by atoms with E-state index in [1.54, 1.807) is 12.1 Å². The van der Waals surface area contributed by atoms with Crippen molar-refractivity contribution in [1.29, 1.82) is 0 Å². The van der Waals surface area contributed by atoms with Crippen molar-refractivity contribution in [2.45, 2.75) is 13.0 Å². The van der Waals surface area contributed by atoms with Crippen LogP contribution in [0.25, 0.3) is 11.6 Å². The number of hydrogen-bond acceptors (Lipinski definition) is 5. The van der Waals surface area contributed by atoms with E-state index in [1.165, 1.54) is 13.2 Å². The van der Waals surface area contributed by atoms with Gasteiger partial charge in [-0.25, -0.2) is 0 Å². The first-order valence-electron chi connectivity index (χ1n) is 9.34. The summed E-state index contributed by atoms with van der Waals surface area (Å²) in [6.45, 7) is 1.34. The molecule has 0 atom stereocenters. The summed E-state index contributed by atoms with van der Waals surface area (Å²) in [4.78, 5) is 15.1. The fourth-order valence-corrected chi connectivity index (χ4v) is 3.67. The van der Waals surface area contributed by atoms with E-state index in [4.69, 9.17) is 4.74 Å². The Bertz CT molecular complexity index is 964. The van der Waals surface area contributed by atoms with Crippen LogP contribution in [0, 0.1) is 0 Å². The van der Waals surface area contributed by atoms with E-state index in [0.29, 0.717) is 11.1 Å². The third-order valence-corrected chi connectivity index (χ3v) is 5.54. The van der Waals surface area contributed by atoms with Gasteiger partial charge in [0.1, 0.15) is 17.1 Å². The molecule has 2 aromatic rings. The number of hydrogen-bond donors (Lipinski definition) is 2. The molecule has 0 amide bonds. The van der Waals surface area contributed by atoms with Gasteiger partial charge in [0, 0.05) is 23.1 Å². The summed E-state index contributed by atoms with van der Waals surface area (Å²) < 4.78 is 6.31. The van der Waals surface area contributed by atoms with E-state index in [2.05, 4.69) is 20.8 Å². The number of halogens is 1. The summed E-state index contributed by atoms with van der Waals surface area (Å²) in [6, 6.07) is 9.18. The molecule has 0 bridgehead atoms. The van der Waals surface area contributed by atoms with Crippen LogP contribution >= 0.6 is 15.9 Å². The lowest BCUT2D eigenvalue weighted by atomic mass is 9.90. The smallest absolute Gasteiger partial charge is 0.193 e. The first kappa shape index (κ1) is 21.3. The zero-order chi connectivity index (χ0) is 21.0. The average molecular weight is 458 g/mol. The van der Waals surface area contributed by atoms with Crippen molar-refractivity contribution in [3.05, 3.63) is 69.2 Å². The van der Waals surface area contributed by atoms with Gasteiger partial charge >= 0.3 is 0 Å². The lowest BCUT2D eigenvalue weighted by molar-refractivity contribution is 0.104. The normalized spacial score (nSPS) is 14.8. The monoisotopic (exact) mass is 457 g/mol. The molecule has 3 rings (SSSR count). The van der Waals surface area contributed by atoms with E-state index in [9.17, 15) is 15.0 Å². The molecule has 6 heteroatoms. The van der Waals surface area contributed by atoms with Crippen LogP contribution in [0.15, 0.2) is 47.0 Å². The van der Waals surface area contributed by atoms with Crippen LogP contribution in [0.4, 0.5) is 0 Å². The first-order chi connectivity index (χ1) is 13.9. The van der Waals surface area contributed by atoms with Crippen LogP contribution < -0.4 is 4.74 Å². The van der Waals surface area contributed by atoms with Gasteiger partial charge in [0.15, 0.2) is 5.78 Å². The molecule has 1 aliphatic rings. The molecular weight excluding hydrogens is 434 g/mol. The van der Waals surface area contributed by atoms with Crippen LogP contribution in [0.5, 0.6) is 11.5 Å². The predicted octanol–water partition coefficient (Wildman–Crippen LogP) is 4.27. The number of allylic oxidation sites excluding steroid dienone is 1. The number of aliphatic hydroxyl groups is 1. The second-order valence-corrected chi connectivity index (χ2v) is 7.90. The second-order valence-electron chi connectivity index (χ2n) is 6.99. The van der Waals surface area contributed by atoms with Crippen molar-refractivity contribution in [2.75, 3.05) is 27.2 Å². The molecule has 0 radical (unpaired) electrons. The molecule has 0 saturated heterocycles. The van der Waals surface area contributed by atoms with Gasteiger partial charge in [0.2, 0.25) is 0 Å². The molecule has 2 aromatic carbocycles. The molecular formula is C23H24BrNO4. The summed E-state index contributed by atoms with van der Waals surface area (Å²) in [5.41, 5.74) is 2.97. The van der Waals surface area contributed by atoms with Gasteiger partial charge in [-0.3, -0.25) is 4.79 Å². The zero-order valence-corrected chi connectivity index (χ0v) is 18.1. The van der Waals surface area contributed by atoms with E-state index in [0.717, 1.165) is 35.1 Å². The number of phenols is 1. The largest absolute Gasteiger partial charge is 0.506 e. The van der Waals surface area contributed by atoms with Crippen molar-refractivity contribution in [2.24, 2.45) is 0 Å². The highest BCUT2D eigenvalue weighted by atomic mass is 79.9. The standard InChI is InChI=1S/C23H24BrNO4/c1-25-11-9-16(10-12-25)21-17(14-26)13-20(29-2)22(23(21)28)19(27)8-5-15-3-6-18(24)7-4-15/h3-9,13,26,28H,10-12,14H2,1-2H3/b8-5+. The Hall–Kier alpha value is -2.41. The quantitative estimate of drug-likeness (QED) is 0.500. The van der Waals surface area contributed by atoms with Crippen LogP contribution in [-0.2, 0) is 6.61 Å². The third-order valence-electron chi connectivity index (χ3n) is 5.01. The van der Waals surface area contributed by atoms with Gasteiger partial charge in [-0.15, -0.1) is 0 Å². The number of benzene rings is 2. The fraction of sp³-hybridized carbons (Fsp3) is 0.261. The second kappa shape index (κ2) is 9.39. The number of nitrogens with zero attached hydrogens (tertiary/aromatic N) is 1. The molecule has 0 fully saturated rings.